The predicted octanol–water partition coefficient (Wildman–Crippen LogP) is 3.16. The standard InChI is InChI=1S/C14H14O3S/c1-14(8-12(15)16)13-10(6-7-17-14)9-4-2-3-5-11(9)18-13/h2-5H,6-8H2,1H3,(H,15,16). The summed E-state index contributed by atoms with van der Waals surface area (Å²) < 4.78 is 6.97. The van der Waals surface area contributed by atoms with Gasteiger partial charge in [0.05, 0.1) is 13.0 Å². The van der Waals surface area contributed by atoms with Gasteiger partial charge in [-0.15, -0.1) is 11.3 Å². The zero-order valence-corrected chi connectivity index (χ0v) is 10.9. The molecular formula is C14H14O3S. The van der Waals surface area contributed by atoms with E-state index in [-0.39, 0.29) is 6.42 Å². The van der Waals surface area contributed by atoms with E-state index in [1.165, 1.54) is 15.6 Å². The molecule has 3 rings (SSSR count). The smallest absolute Gasteiger partial charge is 0.306 e. The van der Waals surface area contributed by atoms with Crippen molar-refractivity contribution in [2.45, 2.75) is 25.4 Å². The van der Waals surface area contributed by atoms with Crippen LogP contribution in [0, 0.1) is 0 Å². The molecule has 1 unspecified atom stereocenters. The van der Waals surface area contributed by atoms with Gasteiger partial charge in [0.2, 0.25) is 0 Å². The van der Waals surface area contributed by atoms with Crippen LogP contribution in [0.4, 0.5) is 0 Å². The fourth-order valence-electron chi connectivity index (χ4n) is 2.64. The van der Waals surface area contributed by atoms with Gasteiger partial charge in [0.25, 0.3) is 0 Å². The van der Waals surface area contributed by atoms with E-state index in [2.05, 4.69) is 12.1 Å². The van der Waals surface area contributed by atoms with Crippen molar-refractivity contribution in [3.8, 4) is 0 Å². The molecule has 3 nitrogen and oxygen atoms in total. The van der Waals surface area contributed by atoms with Crippen molar-refractivity contribution in [1.29, 1.82) is 0 Å². The number of carboxylic acid groups (broad SMARTS) is 1. The summed E-state index contributed by atoms with van der Waals surface area (Å²) in [7, 11) is 0. The van der Waals surface area contributed by atoms with Gasteiger partial charge < -0.3 is 9.84 Å². The lowest BCUT2D eigenvalue weighted by Crippen LogP contribution is -2.33. The fourth-order valence-corrected chi connectivity index (χ4v) is 3.99. The first-order valence-electron chi connectivity index (χ1n) is 5.97. The summed E-state index contributed by atoms with van der Waals surface area (Å²) in [4.78, 5) is 12.1. The number of rotatable bonds is 2. The van der Waals surface area contributed by atoms with Gasteiger partial charge in [0, 0.05) is 9.58 Å². The predicted molar refractivity (Wildman–Crippen MR) is 71.1 cm³/mol. The van der Waals surface area contributed by atoms with E-state index in [0.29, 0.717) is 6.61 Å². The largest absolute Gasteiger partial charge is 0.481 e. The van der Waals surface area contributed by atoms with Gasteiger partial charge in [0.1, 0.15) is 5.60 Å². The van der Waals surface area contributed by atoms with E-state index in [0.717, 1.165) is 11.3 Å². The molecule has 2 aromatic rings. The lowest BCUT2D eigenvalue weighted by molar-refractivity contribution is -0.146. The number of hydrogen-bond donors (Lipinski definition) is 1. The van der Waals surface area contributed by atoms with E-state index in [1.54, 1.807) is 11.3 Å². The first-order chi connectivity index (χ1) is 8.60. The molecular weight excluding hydrogens is 248 g/mol. The molecule has 1 aromatic carbocycles. The molecule has 0 saturated heterocycles. The number of fused-ring (bicyclic) bond motifs is 3. The Labute approximate surface area is 109 Å². The highest BCUT2D eigenvalue weighted by atomic mass is 32.1. The zero-order chi connectivity index (χ0) is 12.8. The van der Waals surface area contributed by atoms with Gasteiger partial charge in [-0.05, 0) is 30.4 Å². The van der Waals surface area contributed by atoms with E-state index >= 15 is 0 Å². The van der Waals surface area contributed by atoms with E-state index in [1.807, 2.05) is 19.1 Å². The minimum Gasteiger partial charge on any atom is -0.481 e. The molecule has 2 heterocycles. The minimum atomic E-state index is -0.817. The summed E-state index contributed by atoms with van der Waals surface area (Å²) in [6, 6.07) is 8.23. The summed E-state index contributed by atoms with van der Waals surface area (Å²) >= 11 is 1.66. The second kappa shape index (κ2) is 4.07. The van der Waals surface area contributed by atoms with E-state index in [9.17, 15) is 4.79 Å². The third-order valence-corrected chi connectivity index (χ3v) is 4.90. The molecule has 94 valence electrons. The van der Waals surface area contributed by atoms with Gasteiger partial charge in [-0.1, -0.05) is 18.2 Å². The molecule has 1 N–H and O–H groups in total. The molecule has 4 heteroatoms. The molecule has 1 aliphatic rings. The number of aliphatic carboxylic acids is 1. The maximum absolute atomic E-state index is 11.0. The Balaban J connectivity index is 2.18. The van der Waals surface area contributed by atoms with Crippen LogP contribution in [-0.4, -0.2) is 17.7 Å². The van der Waals surface area contributed by atoms with Gasteiger partial charge >= 0.3 is 5.97 Å². The highest BCUT2D eigenvalue weighted by molar-refractivity contribution is 7.19. The number of ether oxygens (including phenoxy) is 1. The lowest BCUT2D eigenvalue weighted by atomic mass is 9.91. The maximum atomic E-state index is 11.0. The molecule has 0 aliphatic carbocycles. The summed E-state index contributed by atoms with van der Waals surface area (Å²) in [5, 5.41) is 10.3. The Morgan fingerprint density at radius 3 is 3.06 bits per heavy atom. The van der Waals surface area contributed by atoms with E-state index < -0.39 is 11.6 Å². The van der Waals surface area contributed by atoms with Crippen LogP contribution in [-0.2, 0) is 21.6 Å². The summed E-state index contributed by atoms with van der Waals surface area (Å²) in [5.41, 5.74) is 0.592. The van der Waals surface area contributed by atoms with Crippen molar-refractivity contribution in [1.82, 2.24) is 0 Å². The molecule has 0 fully saturated rings. The lowest BCUT2D eigenvalue weighted by Gasteiger charge is -2.32. The summed E-state index contributed by atoms with van der Waals surface area (Å²) in [6.45, 7) is 2.48. The molecule has 0 bridgehead atoms. The van der Waals surface area contributed by atoms with Crippen LogP contribution in [0.25, 0.3) is 10.1 Å². The fraction of sp³-hybridized carbons (Fsp3) is 0.357. The topological polar surface area (TPSA) is 46.5 Å². The van der Waals surface area contributed by atoms with Crippen LogP contribution < -0.4 is 0 Å². The number of benzene rings is 1. The monoisotopic (exact) mass is 262 g/mol. The van der Waals surface area contributed by atoms with Crippen molar-refractivity contribution in [3.05, 3.63) is 34.7 Å². The molecule has 0 spiro atoms. The quantitative estimate of drug-likeness (QED) is 0.904. The normalized spacial score (nSPS) is 22.9. The molecule has 1 aromatic heterocycles. The number of carbonyl (C=O) groups is 1. The molecule has 18 heavy (non-hydrogen) atoms. The minimum absolute atomic E-state index is 0.0207. The second-order valence-electron chi connectivity index (χ2n) is 4.81. The van der Waals surface area contributed by atoms with Crippen LogP contribution in [0.5, 0.6) is 0 Å². The summed E-state index contributed by atoms with van der Waals surface area (Å²) in [6.07, 6.45) is 0.890. The van der Waals surface area contributed by atoms with Crippen molar-refractivity contribution in [2.75, 3.05) is 6.61 Å². The number of carboxylic acids is 1. The Morgan fingerprint density at radius 2 is 2.28 bits per heavy atom. The molecule has 0 saturated carbocycles. The highest BCUT2D eigenvalue weighted by Gasteiger charge is 2.38. The van der Waals surface area contributed by atoms with Gasteiger partial charge in [-0.2, -0.15) is 0 Å². The highest BCUT2D eigenvalue weighted by Crippen LogP contribution is 2.44. The Morgan fingerprint density at radius 1 is 1.50 bits per heavy atom. The second-order valence-corrected chi connectivity index (χ2v) is 5.86. The average molecular weight is 262 g/mol. The Kier molecular flexibility index (Phi) is 2.64. The van der Waals surface area contributed by atoms with Crippen molar-refractivity contribution in [2.24, 2.45) is 0 Å². The van der Waals surface area contributed by atoms with Gasteiger partial charge in [-0.3, -0.25) is 4.79 Å². The first kappa shape index (κ1) is 11.7. The van der Waals surface area contributed by atoms with Crippen LogP contribution in [0.1, 0.15) is 23.8 Å². The zero-order valence-electron chi connectivity index (χ0n) is 10.1. The number of thiophene rings is 1. The Hall–Kier alpha value is -1.39. The molecule has 1 aliphatic heterocycles. The number of hydrogen-bond acceptors (Lipinski definition) is 3. The SMILES string of the molecule is CC1(CC(=O)O)OCCc2c1sc1ccccc21. The third kappa shape index (κ3) is 1.72. The molecule has 0 radical (unpaired) electrons. The van der Waals surface area contributed by atoms with Gasteiger partial charge in [0.15, 0.2) is 0 Å². The van der Waals surface area contributed by atoms with E-state index in [4.69, 9.17) is 9.84 Å². The summed E-state index contributed by atoms with van der Waals surface area (Å²) in [5.74, 6) is -0.817. The van der Waals surface area contributed by atoms with Crippen LogP contribution >= 0.6 is 11.3 Å². The van der Waals surface area contributed by atoms with Crippen molar-refractivity contribution in [3.63, 3.8) is 0 Å². The van der Waals surface area contributed by atoms with Gasteiger partial charge in [-0.25, -0.2) is 0 Å². The average Bonchev–Trinajstić information content (AvgIpc) is 2.69. The van der Waals surface area contributed by atoms with Crippen LogP contribution in [0.3, 0.4) is 0 Å². The molecule has 0 amide bonds. The van der Waals surface area contributed by atoms with Crippen LogP contribution in [0.15, 0.2) is 24.3 Å². The maximum Gasteiger partial charge on any atom is 0.306 e. The third-order valence-electron chi connectivity index (χ3n) is 3.44. The Bertz CT molecular complexity index is 617. The molecule has 1 atom stereocenters. The van der Waals surface area contributed by atoms with Crippen LogP contribution in [0.2, 0.25) is 0 Å². The first-order valence-corrected chi connectivity index (χ1v) is 6.78. The van der Waals surface area contributed by atoms with Crippen molar-refractivity contribution < 1.29 is 14.6 Å². The van der Waals surface area contributed by atoms with Crippen molar-refractivity contribution >= 4 is 27.4 Å².